The summed E-state index contributed by atoms with van der Waals surface area (Å²) in [4.78, 5) is 23.2. The predicted octanol–water partition coefficient (Wildman–Crippen LogP) is 2.74. The van der Waals surface area contributed by atoms with Gasteiger partial charge in [0.15, 0.2) is 0 Å². The maximum Gasteiger partial charge on any atom is 0.265 e. The molecule has 0 N–H and O–H groups in total. The van der Waals surface area contributed by atoms with Crippen LogP contribution in [0.15, 0.2) is 12.4 Å². The zero-order chi connectivity index (χ0) is 15.6. The van der Waals surface area contributed by atoms with E-state index in [9.17, 15) is 4.79 Å². The first-order valence-electron chi connectivity index (χ1n) is 6.61. The van der Waals surface area contributed by atoms with Crippen molar-refractivity contribution in [3.05, 3.63) is 39.1 Å². The number of ether oxygens (including phenoxy) is 1. The van der Waals surface area contributed by atoms with Gasteiger partial charge in [-0.2, -0.15) is 0 Å². The SMILES string of the molecule is COc1c(C)cnc(CN(C)C(=O)c2cnc(C)s2)c1C. The van der Waals surface area contributed by atoms with E-state index in [1.165, 1.54) is 11.3 Å². The summed E-state index contributed by atoms with van der Waals surface area (Å²) in [6, 6.07) is 0. The molecule has 0 aliphatic carbocycles. The molecule has 0 aliphatic rings. The Balaban J connectivity index is 2.20. The summed E-state index contributed by atoms with van der Waals surface area (Å²) >= 11 is 1.40. The van der Waals surface area contributed by atoms with Gasteiger partial charge in [0.1, 0.15) is 10.6 Å². The maximum absolute atomic E-state index is 12.3. The number of nitrogens with zero attached hydrogens (tertiary/aromatic N) is 3. The molecule has 0 fully saturated rings. The van der Waals surface area contributed by atoms with E-state index >= 15 is 0 Å². The molecule has 2 aromatic heterocycles. The maximum atomic E-state index is 12.3. The van der Waals surface area contributed by atoms with E-state index in [1.54, 1.807) is 31.5 Å². The number of amides is 1. The average Bonchev–Trinajstić information content (AvgIpc) is 2.88. The summed E-state index contributed by atoms with van der Waals surface area (Å²) in [5.74, 6) is 0.788. The summed E-state index contributed by atoms with van der Waals surface area (Å²) in [7, 11) is 3.42. The van der Waals surface area contributed by atoms with Crippen LogP contribution >= 0.6 is 11.3 Å². The van der Waals surface area contributed by atoms with Gasteiger partial charge in [-0.3, -0.25) is 9.78 Å². The fraction of sp³-hybridized carbons (Fsp3) is 0.400. The molecule has 2 aromatic rings. The van der Waals surface area contributed by atoms with Crippen molar-refractivity contribution in [1.29, 1.82) is 0 Å². The number of carbonyl (C=O) groups excluding carboxylic acids is 1. The van der Waals surface area contributed by atoms with Gasteiger partial charge in [-0.15, -0.1) is 11.3 Å². The van der Waals surface area contributed by atoms with Gasteiger partial charge in [0.05, 0.1) is 30.6 Å². The quantitative estimate of drug-likeness (QED) is 0.871. The molecule has 0 aliphatic heterocycles. The monoisotopic (exact) mass is 305 g/mol. The predicted molar refractivity (Wildman–Crippen MR) is 82.9 cm³/mol. The molecule has 21 heavy (non-hydrogen) atoms. The Morgan fingerprint density at radius 3 is 2.57 bits per heavy atom. The molecule has 1 amide bonds. The summed E-state index contributed by atoms with van der Waals surface area (Å²) in [6.07, 6.45) is 3.39. The third-order valence-corrected chi connectivity index (χ3v) is 4.22. The van der Waals surface area contributed by atoms with Crippen molar-refractivity contribution in [3.8, 4) is 5.75 Å². The number of hydrogen-bond acceptors (Lipinski definition) is 5. The van der Waals surface area contributed by atoms with Crippen molar-refractivity contribution in [2.45, 2.75) is 27.3 Å². The molecule has 6 heteroatoms. The minimum absolute atomic E-state index is 0.0404. The molecule has 0 saturated heterocycles. The molecule has 2 heterocycles. The molecular weight excluding hydrogens is 286 g/mol. The molecule has 2 rings (SSSR count). The molecule has 0 spiro atoms. The Morgan fingerprint density at radius 2 is 2.00 bits per heavy atom. The first kappa shape index (κ1) is 15.4. The molecule has 0 bridgehead atoms. The summed E-state index contributed by atoms with van der Waals surface area (Å²) in [6.45, 7) is 6.25. The molecule has 0 aromatic carbocycles. The fourth-order valence-corrected chi connectivity index (χ4v) is 2.95. The molecule has 5 nitrogen and oxygen atoms in total. The van der Waals surface area contributed by atoms with Gasteiger partial charge in [-0.1, -0.05) is 0 Å². The Bertz CT molecular complexity index is 667. The average molecular weight is 305 g/mol. The first-order chi connectivity index (χ1) is 9.93. The van der Waals surface area contributed by atoms with E-state index in [1.807, 2.05) is 20.8 Å². The van der Waals surface area contributed by atoms with E-state index in [4.69, 9.17) is 4.74 Å². The zero-order valence-electron chi connectivity index (χ0n) is 12.9. The van der Waals surface area contributed by atoms with Gasteiger partial charge >= 0.3 is 0 Å². The zero-order valence-corrected chi connectivity index (χ0v) is 13.7. The van der Waals surface area contributed by atoms with Crippen molar-refractivity contribution >= 4 is 17.2 Å². The van der Waals surface area contributed by atoms with Crippen molar-refractivity contribution in [3.63, 3.8) is 0 Å². The summed E-state index contributed by atoms with van der Waals surface area (Å²) < 4.78 is 5.40. The van der Waals surface area contributed by atoms with Crippen LogP contribution in [-0.2, 0) is 6.54 Å². The van der Waals surface area contributed by atoms with Crippen molar-refractivity contribution in [2.75, 3.05) is 14.2 Å². The molecule has 0 saturated carbocycles. The van der Waals surface area contributed by atoms with Crippen LogP contribution in [0.3, 0.4) is 0 Å². The lowest BCUT2D eigenvalue weighted by Crippen LogP contribution is -2.26. The molecular formula is C15H19N3O2S. The molecule has 112 valence electrons. The summed E-state index contributed by atoms with van der Waals surface area (Å²) in [5, 5.41) is 0.887. The molecule has 0 atom stereocenters. The van der Waals surface area contributed by atoms with E-state index in [2.05, 4.69) is 9.97 Å². The van der Waals surface area contributed by atoms with Crippen LogP contribution in [0.25, 0.3) is 0 Å². The van der Waals surface area contributed by atoms with Gasteiger partial charge in [0.25, 0.3) is 5.91 Å². The van der Waals surface area contributed by atoms with Crippen molar-refractivity contribution < 1.29 is 9.53 Å². The topological polar surface area (TPSA) is 55.3 Å². The number of aryl methyl sites for hydroxylation is 2. The normalized spacial score (nSPS) is 10.5. The van der Waals surface area contributed by atoms with E-state index < -0.39 is 0 Å². The van der Waals surface area contributed by atoms with Crippen LogP contribution in [0.1, 0.15) is 31.5 Å². The Morgan fingerprint density at radius 1 is 1.29 bits per heavy atom. The minimum Gasteiger partial charge on any atom is -0.496 e. The number of rotatable bonds is 4. The second kappa shape index (κ2) is 6.22. The lowest BCUT2D eigenvalue weighted by molar-refractivity contribution is 0.0787. The Labute approximate surface area is 128 Å². The van der Waals surface area contributed by atoms with Gasteiger partial charge in [0.2, 0.25) is 0 Å². The number of hydrogen-bond donors (Lipinski definition) is 0. The van der Waals surface area contributed by atoms with Crippen LogP contribution in [0, 0.1) is 20.8 Å². The van der Waals surface area contributed by atoms with E-state index in [0.29, 0.717) is 11.4 Å². The minimum atomic E-state index is -0.0404. The van der Waals surface area contributed by atoms with Crippen LogP contribution in [0.4, 0.5) is 0 Å². The lowest BCUT2D eigenvalue weighted by atomic mass is 10.1. The lowest BCUT2D eigenvalue weighted by Gasteiger charge is -2.18. The second-order valence-corrected chi connectivity index (χ2v) is 6.19. The highest BCUT2D eigenvalue weighted by molar-refractivity contribution is 7.13. The Kier molecular flexibility index (Phi) is 4.57. The van der Waals surface area contributed by atoms with Gasteiger partial charge in [-0.05, 0) is 20.8 Å². The van der Waals surface area contributed by atoms with Crippen LogP contribution in [0.5, 0.6) is 5.75 Å². The smallest absolute Gasteiger partial charge is 0.265 e. The fourth-order valence-electron chi connectivity index (χ4n) is 2.18. The largest absolute Gasteiger partial charge is 0.496 e. The molecule has 0 unspecified atom stereocenters. The standard InChI is InChI=1S/C15H19N3O2S/c1-9-6-17-12(10(2)14(9)20-5)8-18(4)15(19)13-7-16-11(3)21-13/h6-7H,8H2,1-5H3. The third kappa shape index (κ3) is 3.21. The van der Waals surface area contributed by atoms with Crippen molar-refractivity contribution in [2.24, 2.45) is 0 Å². The number of pyridine rings is 1. The highest BCUT2D eigenvalue weighted by atomic mass is 32.1. The number of methoxy groups -OCH3 is 1. The highest BCUT2D eigenvalue weighted by Gasteiger charge is 2.17. The van der Waals surface area contributed by atoms with E-state index in [0.717, 1.165) is 27.6 Å². The van der Waals surface area contributed by atoms with Crippen LogP contribution in [0.2, 0.25) is 0 Å². The van der Waals surface area contributed by atoms with Crippen molar-refractivity contribution in [1.82, 2.24) is 14.9 Å². The second-order valence-electron chi connectivity index (χ2n) is 4.95. The van der Waals surface area contributed by atoms with E-state index in [-0.39, 0.29) is 5.91 Å². The third-order valence-electron chi connectivity index (χ3n) is 3.32. The number of aromatic nitrogens is 2. The van der Waals surface area contributed by atoms with Gasteiger partial charge in [-0.25, -0.2) is 4.98 Å². The first-order valence-corrected chi connectivity index (χ1v) is 7.42. The number of carbonyl (C=O) groups is 1. The number of thiazole rings is 1. The van der Waals surface area contributed by atoms with Gasteiger partial charge < -0.3 is 9.64 Å². The van der Waals surface area contributed by atoms with Gasteiger partial charge in [0, 0.05) is 24.4 Å². The Hall–Kier alpha value is -1.95. The van der Waals surface area contributed by atoms with Crippen LogP contribution < -0.4 is 4.74 Å². The summed E-state index contributed by atoms with van der Waals surface area (Å²) in [5.41, 5.74) is 2.80. The highest BCUT2D eigenvalue weighted by Crippen LogP contribution is 2.25. The van der Waals surface area contributed by atoms with Crippen LogP contribution in [-0.4, -0.2) is 34.9 Å². The molecule has 0 radical (unpaired) electrons.